The third-order valence-corrected chi connectivity index (χ3v) is 3.55. The number of hydrogen-bond donors (Lipinski definition) is 0. The lowest BCUT2D eigenvalue weighted by atomic mass is 9.94. The smallest absolute Gasteiger partial charge is 0.0520 e. The molecule has 0 amide bonds. The molecule has 0 aromatic heterocycles. The maximum atomic E-state index is 4.60. The van der Waals surface area contributed by atoms with Gasteiger partial charge in [-0.15, -0.1) is 0 Å². The van der Waals surface area contributed by atoms with Crippen molar-refractivity contribution in [3.05, 3.63) is 59.3 Å². The Morgan fingerprint density at radius 3 is 2.52 bits per heavy atom. The molecule has 1 aliphatic carbocycles. The minimum Gasteiger partial charge on any atom is -0.378 e. The van der Waals surface area contributed by atoms with Gasteiger partial charge in [-0.05, 0) is 44.1 Å². The second kappa shape index (κ2) is 6.30. The maximum Gasteiger partial charge on any atom is 0.0520 e. The SMILES string of the molecule is CN(C)C1=CC(c2ccccc2CC=NC(C)(C)C)C=C1. The molecule has 0 radical (unpaired) electrons. The number of allylic oxidation sites excluding steroid dienone is 3. The first kappa shape index (κ1) is 15.6. The number of nitrogens with zero attached hydrogens (tertiary/aromatic N) is 2. The summed E-state index contributed by atoms with van der Waals surface area (Å²) in [5, 5.41) is 0. The van der Waals surface area contributed by atoms with Crippen molar-refractivity contribution in [3.8, 4) is 0 Å². The number of hydrogen-bond acceptors (Lipinski definition) is 2. The summed E-state index contributed by atoms with van der Waals surface area (Å²) in [5.41, 5.74) is 4.01. The molecule has 1 aromatic rings. The monoisotopic (exact) mass is 282 g/mol. The Labute approximate surface area is 128 Å². The Morgan fingerprint density at radius 1 is 1.19 bits per heavy atom. The number of benzene rings is 1. The van der Waals surface area contributed by atoms with Crippen LogP contribution in [0.3, 0.4) is 0 Å². The predicted molar refractivity (Wildman–Crippen MR) is 92.0 cm³/mol. The van der Waals surface area contributed by atoms with Crippen molar-refractivity contribution in [2.45, 2.75) is 38.6 Å². The molecule has 1 aliphatic rings. The van der Waals surface area contributed by atoms with Crippen molar-refractivity contribution in [2.75, 3.05) is 14.1 Å². The van der Waals surface area contributed by atoms with Crippen molar-refractivity contribution in [1.82, 2.24) is 4.90 Å². The Bertz CT molecular complexity index is 571. The summed E-state index contributed by atoms with van der Waals surface area (Å²) in [6, 6.07) is 8.66. The molecular formula is C19H26N2. The molecule has 0 N–H and O–H groups in total. The Balaban J connectivity index is 2.19. The fourth-order valence-electron chi connectivity index (χ4n) is 2.45. The quantitative estimate of drug-likeness (QED) is 0.756. The fraction of sp³-hybridized carbons (Fsp3) is 0.421. The summed E-state index contributed by atoms with van der Waals surface area (Å²) in [5.74, 6) is 0.377. The van der Waals surface area contributed by atoms with Crippen LogP contribution < -0.4 is 0 Å². The van der Waals surface area contributed by atoms with Crippen LogP contribution in [-0.4, -0.2) is 30.7 Å². The van der Waals surface area contributed by atoms with E-state index in [4.69, 9.17) is 0 Å². The highest BCUT2D eigenvalue weighted by Crippen LogP contribution is 2.29. The zero-order chi connectivity index (χ0) is 15.5. The highest BCUT2D eigenvalue weighted by molar-refractivity contribution is 5.63. The van der Waals surface area contributed by atoms with Crippen LogP contribution >= 0.6 is 0 Å². The molecule has 2 heteroatoms. The van der Waals surface area contributed by atoms with Gasteiger partial charge in [0.15, 0.2) is 0 Å². The minimum atomic E-state index is 0.000198. The first-order valence-electron chi connectivity index (χ1n) is 7.56. The standard InChI is InChI=1S/C19H26N2/c1-19(2,3)20-13-12-15-8-6-7-9-18(15)16-10-11-17(14-16)21(4)5/h6-11,13-14,16H,12H2,1-5H3. The summed E-state index contributed by atoms with van der Waals surface area (Å²) in [6.07, 6.45) is 9.73. The third kappa shape index (κ3) is 4.32. The average molecular weight is 282 g/mol. The Hall–Kier alpha value is -1.83. The van der Waals surface area contributed by atoms with Crippen LogP contribution in [0.5, 0.6) is 0 Å². The van der Waals surface area contributed by atoms with E-state index < -0.39 is 0 Å². The van der Waals surface area contributed by atoms with E-state index in [0.29, 0.717) is 5.92 Å². The van der Waals surface area contributed by atoms with E-state index in [1.807, 2.05) is 6.21 Å². The van der Waals surface area contributed by atoms with Crippen molar-refractivity contribution in [3.63, 3.8) is 0 Å². The van der Waals surface area contributed by atoms with Gasteiger partial charge in [-0.25, -0.2) is 0 Å². The molecule has 1 unspecified atom stereocenters. The molecule has 21 heavy (non-hydrogen) atoms. The predicted octanol–water partition coefficient (Wildman–Crippen LogP) is 4.20. The van der Waals surface area contributed by atoms with Crippen LogP contribution in [0, 0.1) is 0 Å². The van der Waals surface area contributed by atoms with Crippen LogP contribution in [-0.2, 0) is 6.42 Å². The van der Waals surface area contributed by atoms with Crippen LogP contribution in [0.2, 0.25) is 0 Å². The van der Waals surface area contributed by atoms with Crippen molar-refractivity contribution >= 4 is 6.21 Å². The van der Waals surface area contributed by atoms with Crippen LogP contribution in [0.4, 0.5) is 0 Å². The van der Waals surface area contributed by atoms with E-state index >= 15 is 0 Å². The van der Waals surface area contributed by atoms with Crippen molar-refractivity contribution < 1.29 is 0 Å². The zero-order valence-electron chi connectivity index (χ0n) is 13.8. The van der Waals surface area contributed by atoms with Gasteiger partial charge in [0.25, 0.3) is 0 Å². The summed E-state index contributed by atoms with van der Waals surface area (Å²) in [7, 11) is 4.17. The number of aliphatic imine (C=N–C) groups is 1. The molecule has 0 heterocycles. The van der Waals surface area contributed by atoms with Gasteiger partial charge in [0, 0.05) is 38.3 Å². The molecular weight excluding hydrogens is 256 g/mol. The molecule has 0 bridgehead atoms. The number of rotatable bonds is 4. The molecule has 0 fully saturated rings. The lowest BCUT2D eigenvalue weighted by Crippen LogP contribution is -2.10. The molecule has 2 nitrogen and oxygen atoms in total. The van der Waals surface area contributed by atoms with Gasteiger partial charge < -0.3 is 4.90 Å². The fourth-order valence-corrected chi connectivity index (χ4v) is 2.45. The lowest BCUT2D eigenvalue weighted by Gasteiger charge is -2.14. The van der Waals surface area contributed by atoms with Gasteiger partial charge in [-0.2, -0.15) is 0 Å². The summed E-state index contributed by atoms with van der Waals surface area (Å²) >= 11 is 0. The van der Waals surface area contributed by atoms with E-state index in [-0.39, 0.29) is 5.54 Å². The van der Waals surface area contributed by atoms with Crippen molar-refractivity contribution in [2.24, 2.45) is 4.99 Å². The second-order valence-electron chi connectivity index (χ2n) is 6.76. The van der Waals surface area contributed by atoms with E-state index in [1.165, 1.54) is 16.8 Å². The van der Waals surface area contributed by atoms with Crippen molar-refractivity contribution in [1.29, 1.82) is 0 Å². The normalized spacial score (nSPS) is 18.3. The van der Waals surface area contributed by atoms with Gasteiger partial charge >= 0.3 is 0 Å². The van der Waals surface area contributed by atoms with Crippen LogP contribution in [0.1, 0.15) is 37.8 Å². The Kier molecular flexibility index (Phi) is 4.66. The van der Waals surface area contributed by atoms with Gasteiger partial charge in [0.1, 0.15) is 0 Å². The van der Waals surface area contributed by atoms with Gasteiger partial charge in [-0.1, -0.05) is 30.3 Å². The highest BCUT2D eigenvalue weighted by Gasteiger charge is 2.15. The maximum absolute atomic E-state index is 4.60. The molecule has 112 valence electrons. The van der Waals surface area contributed by atoms with Gasteiger partial charge in [-0.3, -0.25) is 4.99 Å². The largest absolute Gasteiger partial charge is 0.378 e. The van der Waals surface area contributed by atoms with Crippen LogP contribution in [0.15, 0.2) is 53.2 Å². The third-order valence-electron chi connectivity index (χ3n) is 3.55. The first-order valence-corrected chi connectivity index (χ1v) is 7.56. The topological polar surface area (TPSA) is 15.6 Å². The average Bonchev–Trinajstić information content (AvgIpc) is 2.87. The first-order chi connectivity index (χ1) is 9.87. The molecule has 1 atom stereocenters. The highest BCUT2D eigenvalue weighted by atomic mass is 15.1. The zero-order valence-corrected chi connectivity index (χ0v) is 13.8. The molecule has 2 rings (SSSR count). The van der Waals surface area contributed by atoms with Gasteiger partial charge in [0.05, 0.1) is 5.54 Å². The van der Waals surface area contributed by atoms with Gasteiger partial charge in [0.2, 0.25) is 0 Å². The lowest BCUT2D eigenvalue weighted by molar-refractivity contribution is 0.530. The molecule has 1 aromatic carbocycles. The van der Waals surface area contributed by atoms with E-state index in [0.717, 1.165) is 6.42 Å². The van der Waals surface area contributed by atoms with E-state index in [2.05, 4.69) is 87.3 Å². The Morgan fingerprint density at radius 2 is 1.90 bits per heavy atom. The molecule has 0 spiro atoms. The van der Waals surface area contributed by atoms with Crippen LogP contribution in [0.25, 0.3) is 0 Å². The molecule has 0 aliphatic heterocycles. The second-order valence-corrected chi connectivity index (χ2v) is 6.76. The summed E-state index contributed by atoms with van der Waals surface area (Å²) in [4.78, 5) is 6.75. The van der Waals surface area contributed by atoms with E-state index in [9.17, 15) is 0 Å². The molecule has 0 saturated heterocycles. The minimum absolute atomic E-state index is 0.000198. The molecule has 0 saturated carbocycles. The summed E-state index contributed by atoms with van der Waals surface area (Å²) in [6.45, 7) is 6.38. The number of likely N-dealkylation sites (N-methyl/N-ethyl adjacent to an activating group) is 1. The summed E-state index contributed by atoms with van der Waals surface area (Å²) < 4.78 is 0. The van der Waals surface area contributed by atoms with E-state index in [1.54, 1.807) is 0 Å².